The number of halogens is 1. The fourth-order valence-corrected chi connectivity index (χ4v) is 1.14. The molecule has 0 saturated carbocycles. The minimum atomic E-state index is -1.76. The van der Waals surface area contributed by atoms with E-state index in [1.165, 1.54) is 0 Å². The Labute approximate surface area is 90.7 Å². The Kier molecular flexibility index (Phi) is 3.68. The van der Waals surface area contributed by atoms with Gasteiger partial charge in [0.2, 0.25) is 0 Å². The van der Waals surface area contributed by atoms with Gasteiger partial charge < -0.3 is 20.1 Å². The van der Waals surface area contributed by atoms with Gasteiger partial charge in [0.25, 0.3) is 0 Å². The lowest BCUT2D eigenvalue weighted by Gasteiger charge is -2.12. The largest absolute Gasteiger partial charge is 0.504 e. The molecule has 6 heteroatoms. The van der Waals surface area contributed by atoms with Crippen LogP contribution in [0.25, 0.3) is 0 Å². The van der Waals surface area contributed by atoms with Gasteiger partial charge in [0, 0.05) is 5.56 Å². The summed E-state index contributed by atoms with van der Waals surface area (Å²) in [7, 11) is 0. The summed E-state index contributed by atoms with van der Waals surface area (Å²) in [5.41, 5.74) is -0.308. The van der Waals surface area contributed by atoms with Crippen LogP contribution < -0.4 is 0 Å². The number of aliphatic hydroxyl groups is 1. The van der Waals surface area contributed by atoms with Crippen molar-refractivity contribution in [1.82, 2.24) is 0 Å². The Hall–Kier alpha value is -1.82. The van der Waals surface area contributed by atoms with Crippen molar-refractivity contribution in [2.24, 2.45) is 0 Å². The number of carbonyl (C=O) groups is 1. The average Bonchev–Trinajstić information content (AvgIpc) is 2.26. The summed E-state index contributed by atoms with van der Waals surface area (Å²) in [5, 5.41) is 27.8. The van der Waals surface area contributed by atoms with Crippen molar-refractivity contribution in [2.45, 2.75) is 13.0 Å². The summed E-state index contributed by atoms with van der Waals surface area (Å²) in [6.45, 7) is 1.61. The van der Waals surface area contributed by atoms with Crippen molar-refractivity contribution in [3.63, 3.8) is 0 Å². The monoisotopic (exact) mass is 230 g/mol. The van der Waals surface area contributed by atoms with Crippen molar-refractivity contribution >= 4 is 5.97 Å². The third-order valence-corrected chi connectivity index (χ3v) is 1.94. The van der Waals surface area contributed by atoms with Gasteiger partial charge in [-0.05, 0) is 19.1 Å². The first-order valence-corrected chi connectivity index (χ1v) is 4.54. The molecule has 16 heavy (non-hydrogen) atoms. The second-order valence-electron chi connectivity index (χ2n) is 2.99. The van der Waals surface area contributed by atoms with E-state index in [-0.39, 0.29) is 12.2 Å². The van der Waals surface area contributed by atoms with Crippen LogP contribution in [0, 0.1) is 5.82 Å². The quantitative estimate of drug-likeness (QED) is 0.529. The zero-order valence-corrected chi connectivity index (χ0v) is 8.48. The van der Waals surface area contributed by atoms with Crippen molar-refractivity contribution in [1.29, 1.82) is 0 Å². The van der Waals surface area contributed by atoms with Crippen LogP contribution >= 0.6 is 0 Å². The third kappa shape index (κ3) is 2.22. The van der Waals surface area contributed by atoms with Crippen LogP contribution in [0.5, 0.6) is 11.5 Å². The molecule has 0 aliphatic carbocycles. The maximum absolute atomic E-state index is 12.8. The lowest BCUT2D eigenvalue weighted by molar-refractivity contribution is -0.153. The molecule has 1 unspecified atom stereocenters. The number of hydrogen-bond donors (Lipinski definition) is 3. The highest BCUT2D eigenvalue weighted by Crippen LogP contribution is 2.35. The highest BCUT2D eigenvalue weighted by Gasteiger charge is 2.24. The van der Waals surface area contributed by atoms with Crippen LogP contribution in [0.3, 0.4) is 0 Å². The van der Waals surface area contributed by atoms with Crippen molar-refractivity contribution in [3.8, 4) is 11.5 Å². The maximum Gasteiger partial charge on any atom is 0.339 e. The number of benzene rings is 1. The molecule has 0 heterocycles. The van der Waals surface area contributed by atoms with Gasteiger partial charge in [0.15, 0.2) is 23.4 Å². The van der Waals surface area contributed by atoms with E-state index in [0.29, 0.717) is 0 Å². The van der Waals surface area contributed by atoms with Gasteiger partial charge in [-0.15, -0.1) is 0 Å². The summed E-state index contributed by atoms with van der Waals surface area (Å²) < 4.78 is 17.3. The molecule has 0 fully saturated rings. The lowest BCUT2D eigenvalue weighted by atomic mass is 10.1. The summed E-state index contributed by atoms with van der Waals surface area (Å²) in [6, 6.07) is 1.82. The summed E-state index contributed by atoms with van der Waals surface area (Å²) in [4.78, 5) is 11.1. The average molecular weight is 230 g/mol. The van der Waals surface area contributed by atoms with Gasteiger partial charge in [-0.1, -0.05) is 0 Å². The number of phenolic OH excluding ortho intramolecular Hbond substituents is 2. The highest BCUT2D eigenvalue weighted by atomic mass is 19.1. The molecular weight excluding hydrogens is 219 g/mol. The molecule has 0 amide bonds. The molecule has 0 bridgehead atoms. The fourth-order valence-electron chi connectivity index (χ4n) is 1.14. The van der Waals surface area contributed by atoms with Gasteiger partial charge in [0.1, 0.15) is 0 Å². The van der Waals surface area contributed by atoms with E-state index in [0.717, 1.165) is 12.1 Å². The molecule has 0 aliphatic rings. The number of rotatable bonds is 3. The van der Waals surface area contributed by atoms with Crippen LogP contribution in [-0.2, 0) is 9.53 Å². The summed E-state index contributed by atoms with van der Waals surface area (Å²) in [6.07, 6.45) is -1.76. The van der Waals surface area contributed by atoms with E-state index < -0.39 is 29.4 Å². The van der Waals surface area contributed by atoms with E-state index in [1.54, 1.807) is 6.92 Å². The van der Waals surface area contributed by atoms with Crippen LogP contribution in [-0.4, -0.2) is 27.9 Å². The summed E-state index contributed by atoms with van der Waals surface area (Å²) >= 11 is 0. The normalized spacial score (nSPS) is 12.2. The van der Waals surface area contributed by atoms with E-state index in [1.807, 2.05) is 0 Å². The van der Waals surface area contributed by atoms with Crippen LogP contribution in [0.4, 0.5) is 4.39 Å². The SMILES string of the molecule is CCOC(=O)C(O)c1ccc(F)c(O)c1O. The lowest BCUT2D eigenvalue weighted by Crippen LogP contribution is -2.15. The smallest absolute Gasteiger partial charge is 0.339 e. The summed E-state index contributed by atoms with van der Waals surface area (Å²) in [5.74, 6) is -3.91. The molecule has 1 rings (SSSR count). The first kappa shape index (κ1) is 12.3. The molecule has 88 valence electrons. The number of ether oxygens (including phenoxy) is 1. The number of hydrogen-bond acceptors (Lipinski definition) is 5. The second kappa shape index (κ2) is 4.80. The Bertz CT molecular complexity index is 404. The molecule has 1 aromatic carbocycles. The van der Waals surface area contributed by atoms with Crippen molar-refractivity contribution in [2.75, 3.05) is 6.61 Å². The molecule has 0 saturated heterocycles. The van der Waals surface area contributed by atoms with Gasteiger partial charge in [0.05, 0.1) is 6.61 Å². The zero-order valence-electron chi connectivity index (χ0n) is 8.48. The predicted octanol–water partition coefficient (Wildman–Crippen LogP) is 0.833. The van der Waals surface area contributed by atoms with Crippen molar-refractivity contribution in [3.05, 3.63) is 23.5 Å². The molecule has 0 aromatic heterocycles. The molecule has 0 spiro atoms. The molecule has 0 aliphatic heterocycles. The Morgan fingerprint density at radius 2 is 2.06 bits per heavy atom. The van der Waals surface area contributed by atoms with E-state index in [4.69, 9.17) is 5.11 Å². The number of aliphatic hydroxyl groups excluding tert-OH is 1. The molecular formula is C10H11FO5. The van der Waals surface area contributed by atoms with Gasteiger partial charge in [-0.25, -0.2) is 9.18 Å². The molecule has 1 atom stereocenters. The zero-order chi connectivity index (χ0) is 12.3. The maximum atomic E-state index is 12.8. The third-order valence-electron chi connectivity index (χ3n) is 1.94. The predicted molar refractivity (Wildman–Crippen MR) is 51.3 cm³/mol. The Balaban J connectivity index is 3.05. The molecule has 3 N–H and O–H groups in total. The van der Waals surface area contributed by atoms with Crippen LogP contribution in [0.1, 0.15) is 18.6 Å². The van der Waals surface area contributed by atoms with E-state index in [2.05, 4.69) is 4.74 Å². The first-order chi connectivity index (χ1) is 7.49. The fraction of sp³-hybridized carbons (Fsp3) is 0.300. The minimum Gasteiger partial charge on any atom is -0.504 e. The number of phenols is 2. The number of aromatic hydroxyl groups is 2. The van der Waals surface area contributed by atoms with E-state index in [9.17, 15) is 19.4 Å². The van der Waals surface area contributed by atoms with E-state index >= 15 is 0 Å². The topological polar surface area (TPSA) is 87.0 Å². The van der Waals surface area contributed by atoms with Crippen LogP contribution in [0.2, 0.25) is 0 Å². The van der Waals surface area contributed by atoms with Crippen LogP contribution in [0.15, 0.2) is 12.1 Å². The number of esters is 1. The molecule has 0 radical (unpaired) electrons. The Morgan fingerprint density at radius 1 is 1.44 bits per heavy atom. The molecule has 5 nitrogen and oxygen atoms in total. The first-order valence-electron chi connectivity index (χ1n) is 4.54. The Morgan fingerprint density at radius 3 is 2.62 bits per heavy atom. The van der Waals surface area contributed by atoms with Gasteiger partial charge >= 0.3 is 5.97 Å². The van der Waals surface area contributed by atoms with Gasteiger partial charge in [-0.2, -0.15) is 0 Å². The number of carbonyl (C=O) groups excluding carboxylic acids is 1. The standard InChI is InChI=1S/C10H11FO5/c1-2-16-10(15)8(13)5-3-4-6(11)9(14)7(5)12/h3-4,8,12-14H,2H2,1H3. The minimum absolute atomic E-state index is 0.0594. The van der Waals surface area contributed by atoms with Gasteiger partial charge in [-0.3, -0.25) is 0 Å². The molecule has 1 aromatic rings. The van der Waals surface area contributed by atoms with Crippen molar-refractivity contribution < 1.29 is 29.2 Å². The second-order valence-corrected chi connectivity index (χ2v) is 2.99. The highest BCUT2D eigenvalue weighted by molar-refractivity contribution is 5.77.